The van der Waals surface area contributed by atoms with Crippen LogP contribution in [0.1, 0.15) is 32.8 Å². The Morgan fingerprint density at radius 2 is 1.67 bits per heavy atom. The second-order valence-corrected chi connectivity index (χ2v) is 14.0. The fraction of sp³-hybridized carbons (Fsp3) is 0.647. The number of aryl methyl sites for hydroxylation is 1. The van der Waals surface area contributed by atoms with Crippen molar-refractivity contribution in [2.45, 2.75) is 57.5 Å². The highest BCUT2D eigenvalue weighted by Gasteiger charge is 2.44. The van der Waals surface area contributed by atoms with Crippen LogP contribution in [0.15, 0.2) is 28.7 Å². The van der Waals surface area contributed by atoms with E-state index in [1.807, 2.05) is 12.1 Å². The minimum atomic E-state index is -1.85. The molecule has 2 N–H and O–H groups in total. The maximum Gasteiger partial charge on any atom is 0.0869 e. The predicted molar refractivity (Wildman–Crippen MR) is 96.2 cm³/mol. The molecule has 0 bridgehead atoms. The summed E-state index contributed by atoms with van der Waals surface area (Å²) in [6.45, 7) is 11.1. The maximum absolute atomic E-state index is 10.8. The van der Waals surface area contributed by atoms with Gasteiger partial charge in [0.2, 0.25) is 0 Å². The molecule has 0 aliphatic carbocycles. The molecule has 0 spiro atoms. The van der Waals surface area contributed by atoms with Crippen molar-refractivity contribution in [3.05, 3.63) is 34.3 Å². The van der Waals surface area contributed by atoms with Crippen molar-refractivity contribution in [2.75, 3.05) is 6.61 Å². The Morgan fingerprint density at radius 3 is 2.10 bits per heavy atom. The molecule has 0 aromatic heterocycles. The monoisotopic (exact) mass is 372 g/mol. The Hall–Kier alpha value is -0.163. The van der Waals surface area contributed by atoms with Crippen LogP contribution in [0.4, 0.5) is 0 Å². The van der Waals surface area contributed by atoms with Gasteiger partial charge in [0.25, 0.3) is 0 Å². The van der Waals surface area contributed by atoms with Gasteiger partial charge in [0.15, 0.2) is 0 Å². The smallest absolute Gasteiger partial charge is 0.0869 e. The van der Waals surface area contributed by atoms with Gasteiger partial charge < -0.3 is 10.2 Å². The van der Waals surface area contributed by atoms with Gasteiger partial charge in [-0.15, -0.1) is 0 Å². The van der Waals surface area contributed by atoms with Crippen molar-refractivity contribution >= 4 is 24.0 Å². The van der Waals surface area contributed by atoms with Crippen molar-refractivity contribution in [2.24, 2.45) is 5.92 Å². The molecule has 120 valence electrons. The first-order valence-corrected chi connectivity index (χ1v) is 11.5. The van der Waals surface area contributed by atoms with Crippen molar-refractivity contribution in [1.29, 1.82) is 0 Å². The summed E-state index contributed by atoms with van der Waals surface area (Å²) in [6.07, 6.45) is 1.72. The van der Waals surface area contributed by atoms with Crippen molar-refractivity contribution in [1.82, 2.24) is 0 Å². The van der Waals surface area contributed by atoms with Gasteiger partial charge in [-0.1, -0.05) is 61.9 Å². The summed E-state index contributed by atoms with van der Waals surface area (Å²) >= 11 is 3.44. The van der Waals surface area contributed by atoms with Crippen molar-refractivity contribution < 1.29 is 10.2 Å². The lowest BCUT2D eigenvalue weighted by molar-refractivity contribution is 0.106. The molecule has 4 heteroatoms. The maximum atomic E-state index is 10.8. The van der Waals surface area contributed by atoms with E-state index >= 15 is 0 Å². The minimum Gasteiger partial charge on any atom is -0.396 e. The van der Waals surface area contributed by atoms with E-state index in [-0.39, 0.29) is 23.3 Å². The van der Waals surface area contributed by atoms with E-state index in [4.69, 9.17) is 0 Å². The molecule has 1 aromatic rings. The Balaban J connectivity index is 2.72. The number of aliphatic hydroxyl groups excluding tert-OH is 2. The average Bonchev–Trinajstić information content (AvgIpc) is 2.40. The molecule has 0 heterocycles. The number of halogens is 1. The molecule has 21 heavy (non-hydrogen) atoms. The van der Waals surface area contributed by atoms with Gasteiger partial charge in [-0.2, -0.15) is 0 Å². The fourth-order valence-electron chi connectivity index (χ4n) is 2.39. The van der Waals surface area contributed by atoms with Crippen LogP contribution in [0.5, 0.6) is 0 Å². The predicted octanol–water partition coefficient (Wildman–Crippen LogP) is 4.40. The highest BCUT2D eigenvalue weighted by Crippen LogP contribution is 2.40. The van der Waals surface area contributed by atoms with Crippen LogP contribution in [0.25, 0.3) is 0 Å². The van der Waals surface area contributed by atoms with E-state index in [0.29, 0.717) is 0 Å². The number of hydrogen-bond acceptors (Lipinski definition) is 2. The Labute approximate surface area is 138 Å². The van der Waals surface area contributed by atoms with E-state index in [1.54, 1.807) is 0 Å². The molecular weight excluding hydrogens is 344 g/mol. The van der Waals surface area contributed by atoms with Gasteiger partial charge in [-0.25, -0.2) is 0 Å². The minimum absolute atomic E-state index is 0.0328. The summed E-state index contributed by atoms with van der Waals surface area (Å²) in [5.41, 5.74) is 0.872. The zero-order chi connectivity index (χ0) is 16.3. The second kappa shape index (κ2) is 7.40. The van der Waals surface area contributed by atoms with Crippen LogP contribution < -0.4 is 0 Å². The Bertz CT molecular complexity index is 437. The molecule has 1 aromatic carbocycles. The molecule has 0 fully saturated rings. The van der Waals surface area contributed by atoms with E-state index in [0.717, 1.165) is 17.3 Å². The lowest BCUT2D eigenvalue weighted by Gasteiger charge is -2.43. The van der Waals surface area contributed by atoms with Crippen LogP contribution >= 0.6 is 15.9 Å². The van der Waals surface area contributed by atoms with Crippen molar-refractivity contribution in [3.8, 4) is 0 Å². The summed E-state index contributed by atoms with van der Waals surface area (Å²) in [7, 11) is -1.85. The van der Waals surface area contributed by atoms with E-state index in [2.05, 4.69) is 61.9 Å². The topological polar surface area (TPSA) is 40.5 Å². The average molecular weight is 373 g/mol. The molecule has 0 radical (unpaired) electrons. The third kappa shape index (κ3) is 4.91. The van der Waals surface area contributed by atoms with Crippen LogP contribution in [-0.2, 0) is 6.42 Å². The van der Waals surface area contributed by atoms with Gasteiger partial charge in [-0.3, -0.25) is 0 Å². The highest BCUT2D eigenvalue weighted by atomic mass is 79.9. The first-order chi connectivity index (χ1) is 9.59. The molecule has 2 nitrogen and oxygen atoms in total. The Morgan fingerprint density at radius 1 is 1.14 bits per heavy atom. The standard InChI is InChI=1S/C17H29BrO2Si/c1-17(2,3)21(4,5)16(20)14(12-19)9-6-13-7-10-15(18)11-8-13/h7-8,10-11,14,16,19-20H,6,9,12H2,1-5H3/t14-,16?/m0/s1. The lowest BCUT2D eigenvalue weighted by Crippen LogP contribution is -2.53. The van der Waals surface area contributed by atoms with Crippen molar-refractivity contribution in [3.63, 3.8) is 0 Å². The molecule has 0 aliphatic rings. The van der Waals surface area contributed by atoms with E-state index in [9.17, 15) is 10.2 Å². The first kappa shape index (κ1) is 18.9. The van der Waals surface area contributed by atoms with Crippen LogP contribution in [-0.4, -0.2) is 30.6 Å². The summed E-state index contributed by atoms with van der Waals surface area (Å²) in [6, 6.07) is 8.26. The zero-order valence-corrected chi connectivity index (χ0v) is 16.4. The molecule has 0 aliphatic heterocycles. The number of rotatable bonds is 6. The molecule has 1 rings (SSSR count). The highest BCUT2D eigenvalue weighted by molar-refractivity contribution is 9.10. The van der Waals surface area contributed by atoms with Gasteiger partial charge >= 0.3 is 0 Å². The third-order valence-corrected chi connectivity index (χ3v) is 11.4. The molecule has 0 saturated carbocycles. The zero-order valence-electron chi connectivity index (χ0n) is 13.9. The molecule has 0 saturated heterocycles. The van der Waals surface area contributed by atoms with E-state index in [1.165, 1.54) is 5.56 Å². The van der Waals surface area contributed by atoms with Gasteiger partial charge in [0.1, 0.15) is 0 Å². The second-order valence-electron chi connectivity index (χ2n) is 7.52. The van der Waals surface area contributed by atoms with Crippen LogP contribution in [0.3, 0.4) is 0 Å². The van der Waals surface area contributed by atoms with E-state index < -0.39 is 8.07 Å². The largest absolute Gasteiger partial charge is 0.396 e. The molecule has 1 unspecified atom stereocenters. The van der Waals surface area contributed by atoms with Gasteiger partial charge in [-0.05, 0) is 35.6 Å². The molecular formula is C17H29BrO2Si. The lowest BCUT2D eigenvalue weighted by atomic mass is 10.0. The fourth-order valence-corrected chi connectivity index (χ4v) is 4.99. The third-order valence-electron chi connectivity index (χ3n) is 5.07. The SMILES string of the molecule is CC(C)(C)[Si](C)(C)C(O)[C@H](CO)CCc1ccc(Br)cc1. The summed E-state index contributed by atoms with van der Waals surface area (Å²) in [4.78, 5) is 0. The van der Waals surface area contributed by atoms with Crippen LogP contribution in [0.2, 0.25) is 18.1 Å². The number of aliphatic hydroxyl groups is 2. The summed E-state index contributed by atoms with van der Waals surface area (Å²) in [5, 5.41) is 20.6. The molecule has 2 atom stereocenters. The van der Waals surface area contributed by atoms with Gasteiger partial charge in [0.05, 0.1) is 13.8 Å². The first-order valence-electron chi connectivity index (χ1n) is 7.63. The Kier molecular flexibility index (Phi) is 6.66. The number of hydrogen-bond donors (Lipinski definition) is 2. The van der Waals surface area contributed by atoms with Gasteiger partial charge in [0, 0.05) is 17.0 Å². The summed E-state index contributed by atoms with van der Waals surface area (Å²) < 4.78 is 1.08. The normalized spacial score (nSPS) is 15.8. The quantitative estimate of drug-likeness (QED) is 0.726. The number of benzene rings is 1. The summed E-state index contributed by atoms with van der Waals surface area (Å²) in [5.74, 6) is -0.0328. The molecule has 0 amide bonds. The van der Waals surface area contributed by atoms with Crippen LogP contribution in [0, 0.1) is 5.92 Å².